The molecule has 2 aromatic rings. The molecular formula is C17H13ClF3NO3. The fourth-order valence-corrected chi connectivity index (χ4v) is 2.57. The van der Waals surface area contributed by atoms with E-state index < -0.39 is 29.9 Å². The van der Waals surface area contributed by atoms with Crippen LogP contribution in [0.15, 0.2) is 42.5 Å². The zero-order valence-electron chi connectivity index (χ0n) is 12.9. The monoisotopic (exact) mass is 371 g/mol. The number of para-hydroxylation sites is 2. The second-order valence-electron chi connectivity index (χ2n) is 5.49. The van der Waals surface area contributed by atoms with E-state index in [0.717, 1.165) is 18.2 Å². The van der Waals surface area contributed by atoms with Crippen LogP contribution in [0.3, 0.4) is 0 Å². The molecule has 0 bridgehead atoms. The van der Waals surface area contributed by atoms with Gasteiger partial charge in [-0.3, -0.25) is 4.79 Å². The molecule has 1 N–H and O–H groups in total. The minimum atomic E-state index is -4.54. The Morgan fingerprint density at radius 3 is 2.40 bits per heavy atom. The Balaban J connectivity index is 1.81. The Labute approximate surface area is 146 Å². The van der Waals surface area contributed by atoms with Crippen molar-refractivity contribution in [1.82, 2.24) is 0 Å². The number of amides is 1. The molecule has 0 saturated heterocycles. The Kier molecular flexibility index (Phi) is 4.51. The third-order valence-corrected chi connectivity index (χ3v) is 3.98. The minimum absolute atomic E-state index is 0.00821. The zero-order valence-corrected chi connectivity index (χ0v) is 13.7. The number of benzene rings is 2. The van der Waals surface area contributed by atoms with Crippen LogP contribution in [0.25, 0.3) is 0 Å². The van der Waals surface area contributed by atoms with Gasteiger partial charge in [-0.2, -0.15) is 13.2 Å². The van der Waals surface area contributed by atoms with Crippen molar-refractivity contribution in [3.8, 4) is 11.5 Å². The molecule has 25 heavy (non-hydrogen) atoms. The van der Waals surface area contributed by atoms with Crippen molar-refractivity contribution in [3.63, 3.8) is 0 Å². The van der Waals surface area contributed by atoms with Crippen molar-refractivity contribution >= 4 is 23.2 Å². The number of hydrogen-bond acceptors (Lipinski definition) is 3. The number of carbonyl (C=O) groups excluding carboxylic acids is 1. The molecule has 1 aliphatic rings. The van der Waals surface area contributed by atoms with Gasteiger partial charge in [-0.05, 0) is 37.3 Å². The normalized spacial score (nSPS) is 19.4. The predicted molar refractivity (Wildman–Crippen MR) is 86.0 cm³/mol. The van der Waals surface area contributed by atoms with Crippen molar-refractivity contribution in [2.75, 3.05) is 5.32 Å². The first-order valence-corrected chi connectivity index (χ1v) is 7.73. The fraction of sp³-hybridized carbons (Fsp3) is 0.235. The van der Waals surface area contributed by atoms with E-state index in [4.69, 9.17) is 21.1 Å². The largest absolute Gasteiger partial charge is 0.482 e. The molecule has 4 nitrogen and oxygen atoms in total. The summed E-state index contributed by atoms with van der Waals surface area (Å²) in [4.78, 5) is 12.4. The lowest BCUT2D eigenvalue weighted by Crippen LogP contribution is -2.46. The van der Waals surface area contributed by atoms with Gasteiger partial charge < -0.3 is 14.8 Å². The van der Waals surface area contributed by atoms with Crippen LogP contribution in [0.5, 0.6) is 11.5 Å². The molecule has 0 aromatic heterocycles. The third-order valence-electron chi connectivity index (χ3n) is 3.65. The Morgan fingerprint density at radius 1 is 1.12 bits per heavy atom. The molecule has 1 aliphatic heterocycles. The summed E-state index contributed by atoms with van der Waals surface area (Å²) in [5.74, 6) is 0.232. The average Bonchev–Trinajstić information content (AvgIpc) is 2.55. The Morgan fingerprint density at radius 2 is 1.76 bits per heavy atom. The topological polar surface area (TPSA) is 47.6 Å². The van der Waals surface area contributed by atoms with Crippen molar-refractivity contribution in [2.45, 2.75) is 25.3 Å². The quantitative estimate of drug-likeness (QED) is 0.844. The smallest absolute Gasteiger partial charge is 0.416 e. The minimum Gasteiger partial charge on any atom is -0.482 e. The molecule has 2 unspecified atom stereocenters. The predicted octanol–water partition coefficient (Wildman–Crippen LogP) is 4.53. The van der Waals surface area contributed by atoms with Crippen LogP contribution in [0.4, 0.5) is 18.9 Å². The van der Waals surface area contributed by atoms with Gasteiger partial charge >= 0.3 is 6.18 Å². The van der Waals surface area contributed by atoms with Gasteiger partial charge in [0.05, 0.1) is 16.3 Å². The number of alkyl halides is 3. The highest BCUT2D eigenvalue weighted by Crippen LogP contribution is 2.36. The van der Waals surface area contributed by atoms with E-state index in [2.05, 4.69) is 5.32 Å². The van der Waals surface area contributed by atoms with Crippen LogP contribution < -0.4 is 14.8 Å². The fourth-order valence-electron chi connectivity index (χ4n) is 2.41. The Hall–Kier alpha value is -2.41. The van der Waals surface area contributed by atoms with E-state index in [-0.39, 0.29) is 10.7 Å². The highest BCUT2D eigenvalue weighted by atomic mass is 35.5. The number of rotatable bonds is 2. The molecule has 0 saturated carbocycles. The second-order valence-corrected chi connectivity index (χ2v) is 5.90. The van der Waals surface area contributed by atoms with Crippen LogP contribution in [0, 0.1) is 0 Å². The molecule has 3 rings (SSSR count). The second kappa shape index (κ2) is 6.48. The summed E-state index contributed by atoms with van der Waals surface area (Å²) in [6.07, 6.45) is -6.19. The lowest BCUT2D eigenvalue weighted by molar-refractivity contribution is -0.137. The van der Waals surface area contributed by atoms with Crippen molar-refractivity contribution in [1.29, 1.82) is 0 Å². The van der Waals surface area contributed by atoms with E-state index >= 15 is 0 Å². The summed E-state index contributed by atoms with van der Waals surface area (Å²) in [6.45, 7) is 1.63. The number of nitrogens with one attached hydrogen (secondary N) is 1. The van der Waals surface area contributed by atoms with E-state index in [9.17, 15) is 18.0 Å². The van der Waals surface area contributed by atoms with E-state index in [1.807, 2.05) is 0 Å². The summed E-state index contributed by atoms with van der Waals surface area (Å²) < 4.78 is 49.7. The molecule has 1 heterocycles. The third kappa shape index (κ3) is 3.66. The molecule has 2 aromatic carbocycles. The lowest BCUT2D eigenvalue weighted by atomic mass is 10.1. The maximum absolute atomic E-state index is 12.8. The van der Waals surface area contributed by atoms with Crippen molar-refractivity contribution in [2.24, 2.45) is 0 Å². The molecule has 0 aliphatic carbocycles. The van der Waals surface area contributed by atoms with Crippen LogP contribution in [0.2, 0.25) is 5.02 Å². The molecule has 8 heteroatoms. The van der Waals surface area contributed by atoms with Crippen molar-refractivity contribution < 1.29 is 27.4 Å². The van der Waals surface area contributed by atoms with E-state index in [1.54, 1.807) is 31.2 Å². The number of halogens is 4. The van der Waals surface area contributed by atoms with Gasteiger partial charge in [0.1, 0.15) is 6.10 Å². The number of anilines is 1. The average molecular weight is 372 g/mol. The lowest BCUT2D eigenvalue weighted by Gasteiger charge is -2.31. The van der Waals surface area contributed by atoms with Gasteiger partial charge in [0, 0.05) is 0 Å². The molecule has 0 spiro atoms. The maximum Gasteiger partial charge on any atom is 0.416 e. The van der Waals surface area contributed by atoms with Crippen LogP contribution in [0.1, 0.15) is 12.5 Å². The summed E-state index contributed by atoms with van der Waals surface area (Å²) in [7, 11) is 0. The number of carbonyl (C=O) groups is 1. The van der Waals surface area contributed by atoms with Gasteiger partial charge in [0.2, 0.25) is 6.10 Å². The molecule has 2 atom stereocenters. The number of fused-ring (bicyclic) bond motifs is 1. The first-order valence-electron chi connectivity index (χ1n) is 7.35. The highest BCUT2D eigenvalue weighted by Gasteiger charge is 2.35. The van der Waals surface area contributed by atoms with Crippen LogP contribution in [-0.4, -0.2) is 18.1 Å². The van der Waals surface area contributed by atoms with E-state index in [1.165, 1.54) is 0 Å². The summed E-state index contributed by atoms with van der Waals surface area (Å²) in [6, 6.07) is 9.52. The van der Waals surface area contributed by atoms with Crippen LogP contribution in [-0.2, 0) is 11.0 Å². The van der Waals surface area contributed by atoms with Crippen molar-refractivity contribution in [3.05, 3.63) is 53.1 Å². The van der Waals surface area contributed by atoms with Gasteiger partial charge in [-0.25, -0.2) is 0 Å². The summed E-state index contributed by atoms with van der Waals surface area (Å²) >= 11 is 5.89. The Bertz CT molecular complexity index is 810. The zero-order chi connectivity index (χ0) is 18.2. The summed E-state index contributed by atoms with van der Waals surface area (Å²) in [5.41, 5.74) is -1.05. The standard InChI is InChI=1S/C17H13ClF3NO3/c1-9-15(25-14-5-3-2-4-13(14)24-9)16(23)22-12-8-10(17(19,20)21)6-7-11(12)18/h2-9,15H,1H3,(H,22,23). The molecule has 1 amide bonds. The number of ether oxygens (including phenoxy) is 2. The van der Waals surface area contributed by atoms with Gasteiger partial charge in [-0.15, -0.1) is 0 Å². The molecular weight excluding hydrogens is 359 g/mol. The van der Waals surface area contributed by atoms with Gasteiger partial charge in [-0.1, -0.05) is 23.7 Å². The van der Waals surface area contributed by atoms with E-state index in [0.29, 0.717) is 11.5 Å². The van der Waals surface area contributed by atoms with Gasteiger partial charge in [0.25, 0.3) is 5.91 Å². The molecule has 132 valence electrons. The van der Waals surface area contributed by atoms with Crippen LogP contribution >= 0.6 is 11.6 Å². The first-order chi connectivity index (χ1) is 11.8. The maximum atomic E-state index is 12.8. The molecule has 0 fully saturated rings. The highest BCUT2D eigenvalue weighted by molar-refractivity contribution is 6.33. The van der Waals surface area contributed by atoms with Gasteiger partial charge in [0.15, 0.2) is 11.5 Å². The molecule has 0 radical (unpaired) electrons. The number of hydrogen-bond donors (Lipinski definition) is 1. The SMILES string of the molecule is CC1Oc2ccccc2OC1C(=O)Nc1cc(C(F)(F)F)ccc1Cl. The summed E-state index contributed by atoms with van der Waals surface area (Å²) in [5, 5.41) is 2.37. The first kappa shape index (κ1) is 17.4.